The van der Waals surface area contributed by atoms with Crippen molar-refractivity contribution < 1.29 is 9.47 Å². The normalized spacial score (nSPS) is 21.3. The zero-order valence-corrected chi connectivity index (χ0v) is 17.4. The van der Waals surface area contributed by atoms with E-state index in [-0.39, 0.29) is 30.1 Å². The lowest BCUT2D eigenvalue weighted by Crippen LogP contribution is -2.51. The predicted molar refractivity (Wildman–Crippen MR) is 106 cm³/mol. The Morgan fingerprint density at radius 3 is 3.00 bits per heavy atom. The number of aliphatic imine (C=N–C) groups is 1. The number of rotatable bonds is 4. The van der Waals surface area contributed by atoms with E-state index in [4.69, 9.17) is 9.47 Å². The molecule has 2 aliphatic heterocycles. The molecule has 1 aromatic heterocycles. The van der Waals surface area contributed by atoms with E-state index in [0.29, 0.717) is 19.8 Å². The van der Waals surface area contributed by atoms with Gasteiger partial charge < -0.3 is 24.3 Å². The number of methoxy groups -OCH3 is 1. The van der Waals surface area contributed by atoms with Gasteiger partial charge in [-0.1, -0.05) is 6.42 Å². The number of halogens is 1. The first-order chi connectivity index (χ1) is 11.8. The zero-order chi connectivity index (χ0) is 16.8. The van der Waals surface area contributed by atoms with Crippen LogP contribution in [0.5, 0.6) is 0 Å². The molecule has 9 heteroatoms. The van der Waals surface area contributed by atoms with Crippen LogP contribution in [0.4, 0.5) is 0 Å². The van der Waals surface area contributed by atoms with Gasteiger partial charge in [-0.15, -0.1) is 34.2 Å². The van der Waals surface area contributed by atoms with E-state index in [9.17, 15) is 0 Å². The van der Waals surface area contributed by atoms with Crippen LogP contribution in [0.2, 0.25) is 0 Å². The molecule has 3 rings (SSSR count). The predicted octanol–water partition coefficient (Wildman–Crippen LogP) is 1.05. The fourth-order valence-electron chi connectivity index (χ4n) is 3.36. The van der Waals surface area contributed by atoms with Gasteiger partial charge in [0.2, 0.25) is 0 Å². The molecule has 25 heavy (non-hydrogen) atoms. The molecular weight excluding hydrogens is 435 g/mol. The molecule has 142 valence electrons. The second-order valence-corrected chi connectivity index (χ2v) is 6.29. The van der Waals surface area contributed by atoms with E-state index in [1.165, 1.54) is 19.3 Å². The summed E-state index contributed by atoms with van der Waals surface area (Å²) in [5.74, 6) is 2.99. The minimum atomic E-state index is 0. The Kier molecular flexibility index (Phi) is 8.37. The summed E-state index contributed by atoms with van der Waals surface area (Å²) in [6.07, 6.45) is 4.81. The lowest BCUT2D eigenvalue weighted by atomic mass is 10.2. The Labute approximate surface area is 166 Å². The van der Waals surface area contributed by atoms with Crippen molar-refractivity contribution in [3.05, 3.63) is 11.6 Å². The van der Waals surface area contributed by atoms with E-state index >= 15 is 0 Å². The Morgan fingerprint density at radius 2 is 2.20 bits per heavy atom. The van der Waals surface area contributed by atoms with Gasteiger partial charge in [0.15, 0.2) is 11.8 Å². The Balaban J connectivity index is 0.00000225. The molecule has 1 atom stereocenters. The van der Waals surface area contributed by atoms with Crippen LogP contribution in [-0.4, -0.2) is 72.2 Å². The van der Waals surface area contributed by atoms with Crippen LogP contribution in [0.15, 0.2) is 4.99 Å². The highest BCUT2D eigenvalue weighted by molar-refractivity contribution is 14.0. The van der Waals surface area contributed by atoms with Crippen LogP contribution in [0.1, 0.15) is 30.9 Å². The van der Waals surface area contributed by atoms with E-state index in [1.54, 1.807) is 7.11 Å². The fraction of sp³-hybridized carbons (Fsp3) is 0.812. The van der Waals surface area contributed by atoms with Gasteiger partial charge in [0.05, 0.1) is 25.9 Å². The molecule has 0 spiro atoms. The van der Waals surface area contributed by atoms with Crippen LogP contribution < -0.4 is 5.32 Å². The van der Waals surface area contributed by atoms with Gasteiger partial charge in [-0.05, 0) is 12.8 Å². The highest BCUT2D eigenvalue weighted by Crippen LogP contribution is 2.14. The number of morpholine rings is 1. The van der Waals surface area contributed by atoms with Crippen LogP contribution >= 0.6 is 24.0 Å². The number of nitrogens with zero attached hydrogens (tertiary/aromatic N) is 5. The second-order valence-electron chi connectivity index (χ2n) is 6.29. The summed E-state index contributed by atoms with van der Waals surface area (Å²) in [5.41, 5.74) is 0. The minimum absolute atomic E-state index is 0. The number of hydrogen-bond acceptors (Lipinski definition) is 5. The fourth-order valence-corrected chi connectivity index (χ4v) is 3.36. The third kappa shape index (κ3) is 5.27. The molecule has 0 radical (unpaired) electrons. The first-order valence-electron chi connectivity index (χ1n) is 8.79. The van der Waals surface area contributed by atoms with E-state index in [1.807, 2.05) is 7.05 Å². The molecule has 0 aliphatic carbocycles. The van der Waals surface area contributed by atoms with Crippen LogP contribution in [-0.2, 0) is 29.0 Å². The summed E-state index contributed by atoms with van der Waals surface area (Å²) >= 11 is 0. The number of hydrogen-bond donors (Lipinski definition) is 1. The monoisotopic (exact) mass is 464 g/mol. The quantitative estimate of drug-likeness (QED) is 0.408. The summed E-state index contributed by atoms with van der Waals surface area (Å²) in [5, 5.41) is 12.2. The van der Waals surface area contributed by atoms with Crippen molar-refractivity contribution in [2.75, 3.05) is 40.5 Å². The molecule has 1 fully saturated rings. The summed E-state index contributed by atoms with van der Waals surface area (Å²) in [7, 11) is 3.51. The van der Waals surface area contributed by atoms with Gasteiger partial charge in [0.25, 0.3) is 0 Å². The number of guanidine groups is 1. The molecule has 0 aromatic carbocycles. The molecule has 2 aliphatic rings. The molecule has 0 saturated carbocycles. The lowest BCUT2D eigenvalue weighted by Gasteiger charge is -2.34. The maximum atomic E-state index is 5.71. The van der Waals surface area contributed by atoms with Gasteiger partial charge in [0, 0.05) is 40.2 Å². The van der Waals surface area contributed by atoms with Crippen molar-refractivity contribution in [3.8, 4) is 0 Å². The molecule has 3 heterocycles. The maximum Gasteiger partial charge on any atom is 0.194 e. The van der Waals surface area contributed by atoms with Gasteiger partial charge in [0.1, 0.15) is 5.82 Å². The number of aryl methyl sites for hydroxylation is 1. The maximum absolute atomic E-state index is 5.71. The highest BCUT2D eigenvalue weighted by atomic mass is 127. The first kappa shape index (κ1) is 20.4. The minimum Gasteiger partial charge on any atom is -0.382 e. The molecule has 1 unspecified atom stereocenters. The van der Waals surface area contributed by atoms with Crippen molar-refractivity contribution in [1.82, 2.24) is 25.0 Å². The second kappa shape index (κ2) is 10.3. The van der Waals surface area contributed by atoms with Crippen molar-refractivity contribution in [3.63, 3.8) is 0 Å². The Bertz CT molecular complexity index is 563. The SMILES string of the molecule is CN=C(NCc1nnc2n1CCCCC2)N1CCOC(COC)C1.I. The largest absolute Gasteiger partial charge is 0.382 e. The van der Waals surface area contributed by atoms with Gasteiger partial charge in [-0.3, -0.25) is 4.99 Å². The van der Waals surface area contributed by atoms with Crippen LogP contribution in [0.3, 0.4) is 0 Å². The Morgan fingerprint density at radius 1 is 1.32 bits per heavy atom. The van der Waals surface area contributed by atoms with Crippen LogP contribution in [0, 0.1) is 0 Å². The Hall–Kier alpha value is -0.940. The highest BCUT2D eigenvalue weighted by Gasteiger charge is 2.23. The number of aromatic nitrogens is 3. The topological polar surface area (TPSA) is 76.8 Å². The molecular formula is C16H29IN6O2. The molecule has 1 aromatic rings. The number of fused-ring (bicyclic) bond motifs is 1. The van der Waals surface area contributed by atoms with E-state index in [0.717, 1.165) is 43.7 Å². The molecule has 0 bridgehead atoms. The summed E-state index contributed by atoms with van der Waals surface area (Å²) < 4.78 is 13.2. The molecule has 0 amide bonds. The summed E-state index contributed by atoms with van der Waals surface area (Å²) in [6, 6.07) is 0. The standard InChI is InChI=1S/C16H28N6O2.HI/c1-17-16(21-8-9-24-13(11-21)12-23-2)18-10-15-20-19-14-6-4-3-5-7-22(14)15;/h13H,3-12H2,1-2H3,(H,17,18);1H. The lowest BCUT2D eigenvalue weighted by molar-refractivity contribution is -0.0447. The van der Waals surface area contributed by atoms with E-state index < -0.39 is 0 Å². The average molecular weight is 464 g/mol. The molecule has 8 nitrogen and oxygen atoms in total. The van der Waals surface area contributed by atoms with E-state index in [2.05, 4.69) is 30.0 Å². The molecule has 1 N–H and O–H groups in total. The summed E-state index contributed by atoms with van der Waals surface area (Å²) in [4.78, 5) is 6.63. The smallest absolute Gasteiger partial charge is 0.194 e. The van der Waals surface area contributed by atoms with Crippen molar-refractivity contribution in [1.29, 1.82) is 0 Å². The number of ether oxygens (including phenoxy) is 2. The zero-order valence-electron chi connectivity index (χ0n) is 15.1. The van der Waals surface area contributed by atoms with Crippen molar-refractivity contribution in [2.45, 2.75) is 44.9 Å². The number of nitrogens with one attached hydrogen (secondary N) is 1. The third-order valence-electron chi connectivity index (χ3n) is 4.59. The molecule has 1 saturated heterocycles. The average Bonchev–Trinajstić information content (AvgIpc) is 2.83. The van der Waals surface area contributed by atoms with Gasteiger partial charge >= 0.3 is 0 Å². The van der Waals surface area contributed by atoms with Gasteiger partial charge in [-0.25, -0.2) is 0 Å². The van der Waals surface area contributed by atoms with Gasteiger partial charge in [-0.2, -0.15) is 0 Å². The summed E-state index contributed by atoms with van der Waals surface area (Å²) in [6.45, 7) is 4.57. The first-order valence-corrected chi connectivity index (χ1v) is 8.79. The van der Waals surface area contributed by atoms with Crippen LogP contribution in [0.25, 0.3) is 0 Å². The van der Waals surface area contributed by atoms with Crippen molar-refractivity contribution in [2.24, 2.45) is 4.99 Å². The third-order valence-corrected chi connectivity index (χ3v) is 4.59. The van der Waals surface area contributed by atoms with Crippen molar-refractivity contribution >= 4 is 29.9 Å².